The standard InChI is InChI=1S/C27H28N6O3/c1-17-15-32(16-18(2)33(17)19(3)34)25-11-7-10-24(31-25)23-14-29-26-22(23)12-20(13-28-26)30-27(35)36-21-8-5-4-6-9-21/h4-14,17-18H,15-16H2,1-3H3,(H,28,29)(H,30,35)/t17-,18?/m1/s1. The normalized spacial score (nSPS) is 17.8. The smallest absolute Gasteiger partial charge is 0.410 e. The number of ether oxygens (including phenoxy) is 1. The number of aromatic amines is 1. The second-order valence-corrected chi connectivity index (χ2v) is 9.06. The molecule has 0 radical (unpaired) electrons. The van der Waals surface area contributed by atoms with Gasteiger partial charge in [-0.25, -0.2) is 14.8 Å². The number of nitrogens with one attached hydrogen (secondary N) is 2. The highest BCUT2D eigenvalue weighted by atomic mass is 16.6. The fraction of sp³-hybridized carbons (Fsp3) is 0.259. The Hall–Kier alpha value is -4.40. The van der Waals surface area contributed by atoms with Crippen molar-refractivity contribution >= 4 is 34.5 Å². The van der Waals surface area contributed by atoms with Crippen LogP contribution in [-0.2, 0) is 4.79 Å². The Balaban J connectivity index is 1.38. The molecule has 9 nitrogen and oxygen atoms in total. The molecule has 0 bridgehead atoms. The van der Waals surface area contributed by atoms with Gasteiger partial charge in [-0.05, 0) is 44.2 Å². The minimum Gasteiger partial charge on any atom is -0.410 e. The average Bonchev–Trinajstić information content (AvgIpc) is 3.27. The number of benzene rings is 1. The SMILES string of the molecule is CC(=O)N1C(C)CN(c2cccc(-c3c[nH]c4ncc(NC(=O)Oc5ccccc5)cc34)n2)C[C@H]1C. The second kappa shape index (κ2) is 9.69. The molecular weight excluding hydrogens is 456 g/mol. The molecule has 4 heterocycles. The van der Waals surface area contributed by atoms with Crippen LogP contribution in [0.5, 0.6) is 5.75 Å². The lowest BCUT2D eigenvalue weighted by Crippen LogP contribution is -2.58. The molecule has 9 heteroatoms. The lowest BCUT2D eigenvalue weighted by atomic mass is 10.1. The molecule has 2 N–H and O–H groups in total. The molecule has 4 aromatic rings. The van der Waals surface area contributed by atoms with Crippen LogP contribution in [0.3, 0.4) is 0 Å². The number of amides is 2. The van der Waals surface area contributed by atoms with Gasteiger partial charge in [0.1, 0.15) is 17.2 Å². The number of rotatable bonds is 4. The number of carbonyl (C=O) groups excluding carboxylic acids is 2. The van der Waals surface area contributed by atoms with Gasteiger partial charge in [0.15, 0.2) is 0 Å². The first-order valence-corrected chi connectivity index (χ1v) is 11.9. The molecular formula is C27H28N6O3. The van der Waals surface area contributed by atoms with Crippen LogP contribution in [0.15, 0.2) is 67.0 Å². The van der Waals surface area contributed by atoms with Gasteiger partial charge in [-0.3, -0.25) is 10.1 Å². The number of H-pyrrole nitrogens is 1. The molecule has 1 saturated heterocycles. The Morgan fingerprint density at radius 1 is 1.06 bits per heavy atom. The van der Waals surface area contributed by atoms with Crippen LogP contribution in [0.4, 0.5) is 16.3 Å². The van der Waals surface area contributed by atoms with Crippen LogP contribution in [-0.4, -0.2) is 57.0 Å². The summed E-state index contributed by atoms with van der Waals surface area (Å²) in [7, 11) is 0. The van der Waals surface area contributed by atoms with Crippen LogP contribution in [0.2, 0.25) is 0 Å². The number of para-hydroxylation sites is 1. The summed E-state index contributed by atoms with van der Waals surface area (Å²) in [6.45, 7) is 7.19. The predicted molar refractivity (Wildman–Crippen MR) is 139 cm³/mol. The molecule has 184 valence electrons. The quantitative estimate of drug-likeness (QED) is 0.436. The predicted octanol–water partition coefficient (Wildman–Crippen LogP) is 4.68. The topological polar surface area (TPSA) is 103 Å². The van der Waals surface area contributed by atoms with E-state index in [0.717, 1.165) is 22.5 Å². The van der Waals surface area contributed by atoms with Crippen molar-refractivity contribution in [2.45, 2.75) is 32.9 Å². The summed E-state index contributed by atoms with van der Waals surface area (Å²) in [5, 5.41) is 3.57. The third kappa shape index (κ3) is 4.72. The van der Waals surface area contributed by atoms with Crippen LogP contribution in [0, 0.1) is 0 Å². The summed E-state index contributed by atoms with van der Waals surface area (Å²) in [5.74, 6) is 1.41. The Kier molecular flexibility index (Phi) is 6.28. The Morgan fingerprint density at radius 2 is 1.81 bits per heavy atom. The number of hydrogen-bond acceptors (Lipinski definition) is 6. The van der Waals surface area contributed by atoms with E-state index in [-0.39, 0.29) is 18.0 Å². The number of hydrogen-bond donors (Lipinski definition) is 2. The van der Waals surface area contributed by atoms with Crippen molar-refractivity contribution in [3.63, 3.8) is 0 Å². The summed E-state index contributed by atoms with van der Waals surface area (Å²) in [5.41, 5.74) is 2.88. The number of pyridine rings is 2. The van der Waals surface area contributed by atoms with Crippen molar-refractivity contribution in [2.24, 2.45) is 0 Å². The highest BCUT2D eigenvalue weighted by molar-refractivity contribution is 5.96. The number of nitrogens with zero attached hydrogens (tertiary/aromatic N) is 4. The number of aromatic nitrogens is 3. The van der Waals surface area contributed by atoms with Crippen LogP contribution in [0.25, 0.3) is 22.3 Å². The van der Waals surface area contributed by atoms with Crippen molar-refractivity contribution in [3.05, 3.63) is 67.0 Å². The molecule has 0 aliphatic carbocycles. The molecule has 1 unspecified atom stereocenters. The minimum atomic E-state index is -0.590. The van der Waals surface area contributed by atoms with Gasteiger partial charge in [0.25, 0.3) is 0 Å². The van der Waals surface area contributed by atoms with Crippen molar-refractivity contribution in [3.8, 4) is 17.0 Å². The summed E-state index contributed by atoms with van der Waals surface area (Å²) in [6.07, 6.45) is 2.86. The van der Waals surface area contributed by atoms with Crippen molar-refractivity contribution in [2.75, 3.05) is 23.3 Å². The fourth-order valence-electron chi connectivity index (χ4n) is 4.90. The van der Waals surface area contributed by atoms with Gasteiger partial charge in [-0.2, -0.15) is 0 Å². The van der Waals surface area contributed by atoms with Gasteiger partial charge in [0.2, 0.25) is 5.91 Å². The van der Waals surface area contributed by atoms with Gasteiger partial charge in [-0.15, -0.1) is 0 Å². The minimum absolute atomic E-state index is 0.0956. The summed E-state index contributed by atoms with van der Waals surface area (Å²) < 4.78 is 5.32. The maximum absolute atomic E-state index is 12.3. The Bertz CT molecular complexity index is 1390. The molecule has 0 saturated carbocycles. The largest absolute Gasteiger partial charge is 0.417 e. The summed E-state index contributed by atoms with van der Waals surface area (Å²) in [6, 6.07) is 16.9. The van der Waals surface area contributed by atoms with E-state index < -0.39 is 6.09 Å². The molecule has 36 heavy (non-hydrogen) atoms. The van der Waals surface area contributed by atoms with Gasteiger partial charge >= 0.3 is 6.09 Å². The lowest BCUT2D eigenvalue weighted by molar-refractivity contribution is -0.133. The number of piperazine rings is 1. The third-order valence-corrected chi connectivity index (χ3v) is 6.35. The van der Waals surface area contributed by atoms with E-state index in [1.807, 2.05) is 41.4 Å². The highest BCUT2D eigenvalue weighted by Crippen LogP contribution is 2.30. The van der Waals surface area contributed by atoms with E-state index in [9.17, 15) is 9.59 Å². The molecule has 2 atom stereocenters. The molecule has 2 amide bonds. The van der Waals surface area contributed by atoms with Crippen LogP contribution >= 0.6 is 0 Å². The van der Waals surface area contributed by atoms with Gasteiger partial charge in [-0.1, -0.05) is 24.3 Å². The van der Waals surface area contributed by atoms with E-state index in [0.29, 0.717) is 30.2 Å². The van der Waals surface area contributed by atoms with Crippen molar-refractivity contribution in [1.29, 1.82) is 0 Å². The summed E-state index contributed by atoms with van der Waals surface area (Å²) in [4.78, 5) is 41.1. The average molecular weight is 485 g/mol. The third-order valence-electron chi connectivity index (χ3n) is 6.35. The number of fused-ring (bicyclic) bond motifs is 1. The lowest BCUT2D eigenvalue weighted by Gasteiger charge is -2.44. The Morgan fingerprint density at radius 3 is 2.53 bits per heavy atom. The molecule has 1 aromatic carbocycles. The van der Waals surface area contributed by atoms with Gasteiger partial charge < -0.3 is 19.5 Å². The second-order valence-electron chi connectivity index (χ2n) is 9.06. The maximum Gasteiger partial charge on any atom is 0.417 e. The first-order chi connectivity index (χ1) is 17.4. The van der Waals surface area contributed by atoms with Crippen molar-refractivity contribution in [1.82, 2.24) is 19.9 Å². The molecule has 1 fully saturated rings. The monoisotopic (exact) mass is 484 g/mol. The summed E-state index contributed by atoms with van der Waals surface area (Å²) >= 11 is 0. The molecule has 5 rings (SSSR count). The zero-order valence-electron chi connectivity index (χ0n) is 20.4. The number of anilines is 2. The molecule has 1 aliphatic rings. The van der Waals surface area contributed by atoms with E-state index in [1.165, 1.54) is 0 Å². The van der Waals surface area contributed by atoms with Crippen molar-refractivity contribution < 1.29 is 14.3 Å². The zero-order valence-corrected chi connectivity index (χ0v) is 20.4. The van der Waals surface area contributed by atoms with Gasteiger partial charge in [0.05, 0.1) is 17.6 Å². The first-order valence-electron chi connectivity index (χ1n) is 11.9. The fourth-order valence-corrected chi connectivity index (χ4v) is 4.90. The van der Waals surface area contributed by atoms with Crippen LogP contribution in [0.1, 0.15) is 20.8 Å². The van der Waals surface area contributed by atoms with Crippen LogP contribution < -0.4 is 15.0 Å². The first kappa shape index (κ1) is 23.3. The van der Waals surface area contributed by atoms with E-state index in [4.69, 9.17) is 9.72 Å². The Labute approximate surface area is 209 Å². The molecule has 0 spiro atoms. The number of carbonyl (C=O) groups is 2. The zero-order chi connectivity index (χ0) is 25.2. The van der Waals surface area contributed by atoms with E-state index in [2.05, 4.69) is 34.0 Å². The molecule has 1 aliphatic heterocycles. The highest BCUT2D eigenvalue weighted by Gasteiger charge is 2.31. The van der Waals surface area contributed by atoms with Gasteiger partial charge in [0, 0.05) is 49.2 Å². The van der Waals surface area contributed by atoms with E-state index in [1.54, 1.807) is 37.4 Å². The van der Waals surface area contributed by atoms with E-state index >= 15 is 0 Å². The maximum atomic E-state index is 12.3. The molecule has 3 aromatic heterocycles.